The lowest BCUT2D eigenvalue weighted by molar-refractivity contribution is -0.116. The highest BCUT2D eigenvalue weighted by molar-refractivity contribution is 7.92. The third-order valence-corrected chi connectivity index (χ3v) is 6.49. The Kier molecular flexibility index (Phi) is 7.11. The molecule has 0 bridgehead atoms. The summed E-state index contributed by atoms with van der Waals surface area (Å²) in [6.45, 7) is 1.99. The number of aromatic nitrogens is 2. The second kappa shape index (κ2) is 10.4. The highest BCUT2D eigenvalue weighted by Crippen LogP contribution is 2.27. The molecule has 2 N–H and O–H groups in total. The van der Waals surface area contributed by atoms with Crippen molar-refractivity contribution in [1.29, 1.82) is 0 Å². The van der Waals surface area contributed by atoms with Crippen molar-refractivity contribution in [2.45, 2.75) is 24.7 Å². The molecule has 0 fully saturated rings. The van der Waals surface area contributed by atoms with Gasteiger partial charge in [-0.1, -0.05) is 53.2 Å². The van der Waals surface area contributed by atoms with Crippen molar-refractivity contribution in [2.24, 2.45) is 0 Å². The predicted molar refractivity (Wildman–Crippen MR) is 132 cm³/mol. The summed E-state index contributed by atoms with van der Waals surface area (Å²) in [5.74, 6) is 0.883. The Morgan fingerprint density at radius 1 is 1.03 bits per heavy atom. The van der Waals surface area contributed by atoms with E-state index in [0.717, 1.165) is 11.1 Å². The number of nitrogens with one attached hydrogen (secondary N) is 2. The van der Waals surface area contributed by atoms with Gasteiger partial charge in [0.1, 0.15) is 5.75 Å². The number of nitrogens with zero attached hydrogens (tertiary/aromatic N) is 2. The fraction of sp³-hybridized carbons (Fsp3) is 0.160. The summed E-state index contributed by atoms with van der Waals surface area (Å²) < 4.78 is 38.7. The van der Waals surface area contributed by atoms with Gasteiger partial charge in [0.25, 0.3) is 10.0 Å². The number of sulfonamides is 1. The minimum atomic E-state index is -3.90. The number of carbonyl (C=O) groups excluding carboxylic acids is 1. The topological polar surface area (TPSA) is 123 Å². The minimum Gasteiger partial charge on any atom is -0.495 e. The molecule has 0 radical (unpaired) electrons. The van der Waals surface area contributed by atoms with E-state index in [9.17, 15) is 13.2 Å². The number of rotatable bonds is 9. The van der Waals surface area contributed by atoms with Crippen LogP contribution in [0.5, 0.6) is 5.75 Å². The van der Waals surface area contributed by atoms with E-state index >= 15 is 0 Å². The van der Waals surface area contributed by atoms with Crippen LogP contribution in [0.25, 0.3) is 11.4 Å². The van der Waals surface area contributed by atoms with E-state index in [1.165, 1.54) is 19.2 Å². The van der Waals surface area contributed by atoms with Crippen LogP contribution in [-0.4, -0.2) is 31.6 Å². The Morgan fingerprint density at radius 2 is 1.80 bits per heavy atom. The fourth-order valence-corrected chi connectivity index (χ4v) is 4.41. The summed E-state index contributed by atoms with van der Waals surface area (Å²) >= 11 is 0. The number of methoxy groups -OCH3 is 1. The van der Waals surface area contributed by atoms with Crippen LogP contribution in [0.15, 0.2) is 82.2 Å². The molecule has 4 aromatic rings. The van der Waals surface area contributed by atoms with Crippen LogP contribution in [0.4, 0.5) is 11.4 Å². The van der Waals surface area contributed by atoms with Gasteiger partial charge in [-0.3, -0.25) is 9.52 Å². The molecule has 4 rings (SSSR count). The molecule has 0 saturated heterocycles. The van der Waals surface area contributed by atoms with Crippen molar-refractivity contribution in [3.05, 3.63) is 84.3 Å². The second-order valence-electron chi connectivity index (χ2n) is 7.76. The molecule has 0 unspecified atom stereocenters. The third-order valence-electron chi connectivity index (χ3n) is 5.12. The Balaban J connectivity index is 1.38. The Bertz CT molecular complexity index is 1430. The van der Waals surface area contributed by atoms with Crippen LogP contribution in [-0.2, 0) is 21.2 Å². The molecule has 3 aromatic carbocycles. The van der Waals surface area contributed by atoms with Gasteiger partial charge < -0.3 is 14.6 Å². The Labute approximate surface area is 203 Å². The van der Waals surface area contributed by atoms with Gasteiger partial charge in [-0.25, -0.2) is 8.42 Å². The van der Waals surface area contributed by atoms with Crippen molar-refractivity contribution >= 4 is 27.3 Å². The monoisotopic (exact) mass is 492 g/mol. The molecule has 0 atom stereocenters. The number of amides is 1. The van der Waals surface area contributed by atoms with E-state index < -0.39 is 10.0 Å². The molecule has 1 heterocycles. The van der Waals surface area contributed by atoms with Crippen LogP contribution in [0.2, 0.25) is 0 Å². The first-order valence-electron chi connectivity index (χ1n) is 10.8. The van der Waals surface area contributed by atoms with Crippen molar-refractivity contribution in [3.63, 3.8) is 0 Å². The van der Waals surface area contributed by atoms with Crippen LogP contribution in [0, 0.1) is 6.92 Å². The largest absolute Gasteiger partial charge is 0.495 e. The number of carbonyl (C=O) groups is 1. The predicted octanol–water partition coefficient (Wildman–Crippen LogP) is 4.43. The average Bonchev–Trinajstić information content (AvgIpc) is 3.33. The molecular weight excluding hydrogens is 468 g/mol. The van der Waals surface area contributed by atoms with Crippen LogP contribution in [0.3, 0.4) is 0 Å². The lowest BCUT2D eigenvalue weighted by Gasteiger charge is -2.12. The number of ether oxygens (including phenoxy) is 1. The molecule has 0 spiro atoms. The summed E-state index contributed by atoms with van der Waals surface area (Å²) in [6.07, 6.45) is 0.337. The van der Waals surface area contributed by atoms with Crippen molar-refractivity contribution < 1.29 is 22.5 Å². The number of benzene rings is 3. The van der Waals surface area contributed by atoms with Gasteiger partial charge in [-0.05, 0) is 37.3 Å². The zero-order valence-electron chi connectivity index (χ0n) is 19.2. The van der Waals surface area contributed by atoms with Gasteiger partial charge in [0.15, 0.2) is 0 Å². The first-order chi connectivity index (χ1) is 16.8. The number of aryl methyl sites for hydroxylation is 2. The van der Waals surface area contributed by atoms with E-state index in [-0.39, 0.29) is 23.6 Å². The summed E-state index contributed by atoms with van der Waals surface area (Å²) in [5.41, 5.74) is 2.62. The van der Waals surface area contributed by atoms with Crippen LogP contribution in [0.1, 0.15) is 17.9 Å². The molecular formula is C25H24N4O5S. The van der Waals surface area contributed by atoms with Gasteiger partial charge in [-0.2, -0.15) is 4.98 Å². The lowest BCUT2D eigenvalue weighted by Crippen LogP contribution is -2.15. The van der Waals surface area contributed by atoms with Crippen molar-refractivity contribution in [1.82, 2.24) is 10.1 Å². The number of hydrogen-bond donors (Lipinski definition) is 2. The quantitative estimate of drug-likeness (QED) is 0.354. The molecule has 180 valence electrons. The van der Waals surface area contributed by atoms with E-state index in [4.69, 9.17) is 9.26 Å². The first-order valence-corrected chi connectivity index (χ1v) is 12.3. The maximum absolute atomic E-state index is 12.8. The molecule has 1 amide bonds. The second-order valence-corrected chi connectivity index (χ2v) is 9.44. The van der Waals surface area contributed by atoms with E-state index in [2.05, 4.69) is 20.2 Å². The third kappa shape index (κ3) is 6.04. The molecule has 0 aliphatic heterocycles. The Morgan fingerprint density at radius 3 is 2.57 bits per heavy atom. The normalized spacial score (nSPS) is 11.1. The highest BCUT2D eigenvalue weighted by atomic mass is 32.2. The number of anilines is 2. The standard InChI is InChI=1S/C25H24N4O5S/c1-17-10-12-18(13-11-17)25-27-24(34-28-25)15-14-23(30)26-19-6-5-7-20(16-19)35(31,32)29-21-8-3-4-9-22(21)33-2/h3-13,16,29H,14-15H2,1-2H3,(H,26,30). The Hall–Kier alpha value is -4.18. The van der Waals surface area contributed by atoms with Crippen molar-refractivity contribution in [3.8, 4) is 17.1 Å². The van der Waals surface area contributed by atoms with Crippen LogP contribution < -0.4 is 14.8 Å². The molecule has 0 aliphatic rings. The number of hydrogen-bond acceptors (Lipinski definition) is 7. The van der Waals surface area contributed by atoms with Gasteiger partial charge >= 0.3 is 0 Å². The molecule has 0 saturated carbocycles. The molecule has 1 aromatic heterocycles. The van der Waals surface area contributed by atoms with E-state index in [1.54, 1.807) is 36.4 Å². The zero-order chi connectivity index (χ0) is 24.8. The first kappa shape index (κ1) is 24.0. The maximum Gasteiger partial charge on any atom is 0.262 e. The summed E-state index contributed by atoms with van der Waals surface area (Å²) in [4.78, 5) is 16.8. The highest BCUT2D eigenvalue weighted by Gasteiger charge is 2.17. The van der Waals surface area contributed by atoms with Crippen LogP contribution >= 0.6 is 0 Å². The molecule has 9 nitrogen and oxygen atoms in total. The van der Waals surface area contributed by atoms with E-state index in [1.807, 2.05) is 31.2 Å². The van der Waals surface area contributed by atoms with Crippen molar-refractivity contribution in [2.75, 3.05) is 17.1 Å². The maximum atomic E-state index is 12.8. The molecule has 10 heteroatoms. The SMILES string of the molecule is COc1ccccc1NS(=O)(=O)c1cccc(NC(=O)CCc2nc(-c3ccc(C)cc3)no2)c1. The zero-order valence-corrected chi connectivity index (χ0v) is 20.0. The smallest absolute Gasteiger partial charge is 0.262 e. The minimum absolute atomic E-state index is 0.000784. The summed E-state index contributed by atoms with van der Waals surface area (Å²) in [6, 6.07) is 20.4. The molecule has 35 heavy (non-hydrogen) atoms. The lowest BCUT2D eigenvalue weighted by atomic mass is 10.1. The van der Waals surface area contributed by atoms with Gasteiger partial charge in [-0.15, -0.1) is 0 Å². The van der Waals surface area contributed by atoms with Gasteiger partial charge in [0.05, 0.1) is 17.7 Å². The molecule has 0 aliphatic carbocycles. The summed E-state index contributed by atoms with van der Waals surface area (Å²) in [7, 11) is -2.44. The van der Waals surface area contributed by atoms with Gasteiger partial charge in [0, 0.05) is 24.1 Å². The average molecular weight is 493 g/mol. The van der Waals surface area contributed by atoms with Gasteiger partial charge in [0.2, 0.25) is 17.6 Å². The summed E-state index contributed by atoms with van der Waals surface area (Å²) in [5, 5.41) is 6.67. The van der Waals surface area contributed by atoms with E-state index in [0.29, 0.717) is 28.8 Å². The fourth-order valence-electron chi connectivity index (χ4n) is 3.29. The number of para-hydroxylation sites is 2.